The minimum atomic E-state index is -0.314. The van der Waals surface area contributed by atoms with Crippen LogP contribution in [-0.4, -0.2) is 11.9 Å². The monoisotopic (exact) mass is 597 g/mol. The van der Waals surface area contributed by atoms with Crippen molar-refractivity contribution in [3.8, 4) is 0 Å². The molecule has 0 aromatic carbocycles. The summed E-state index contributed by atoms with van der Waals surface area (Å²) in [6.45, 7) is 9.49. The van der Waals surface area contributed by atoms with Gasteiger partial charge in [-0.25, -0.2) is 0 Å². The van der Waals surface area contributed by atoms with Crippen LogP contribution in [0.3, 0.4) is 0 Å². The Morgan fingerprint density at radius 1 is 0.744 bits per heavy atom. The average Bonchev–Trinajstić information content (AvgIpc) is 3.33. The van der Waals surface area contributed by atoms with Crippen LogP contribution in [-0.2, 0) is 14.3 Å². The molecule has 1 aliphatic heterocycles. The molecule has 2 saturated carbocycles. The highest BCUT2D eigenvalue weighted by Crippen LogP contribution is 2.60. The zero-order valence-electron chi connectivity index (χ0n) is 28.9. The number of ether oxygens (including phenoxy) is 1. The van der Waals surface area contributed by atoms with Gasteiger partial charge < -0.3 is 4.74 Å². The molecule has 6 atom stereocenters. The molecule has 6 unspecified atom stereocenters. The van der Waals surface area contributed by atoms with Gasteiger partial charge in [-0.3, -0.25) is 9.59 Å². The highest BCUT2D eigenvalue weighted by atomic mass is 16.6. The van der Waals surface area contributed by atoms with Crippen LogP contribution < -0.4 is 0 Å². The molecule has 1 heterocycles. The SMILES string of the molecule is CCCCCCCCCCCCCCCCCCC1(C)CCCC2C3CCC(C(C)C)=C(C4CC(=O)OC4=O)C3CCC21. The maximum atomic E-state index is 12.8. The van der Waals surface area contributed by atoms with Crippen molar-refractivity contribution in [3.05, 3.63) is 11.1 Å². The number of carbonyl (C=O) groups is 2. The molecule has 0 spiro atoms. The number of cyclic esters (lactones) is 2. The summed E-state index contributed by atoms with van der Waals surface area (Å²) < 4.78 is 5.08. The summed E-state index contributed by atoms with van der Waals surface area (Å²) >= 11 is 0. The van der Waals surface area contributed by atoms with Gasteiger partial charge in [0, 0.05) is 0 Å². The van der Waals surface area contributed by atoms with E-state index in [0.717, 1.165) is 18.3 Å². The van der Waals surface area contributed by atoms with Gasteiger partial charge in [-0.1, -0.05) is 148 Å². The van der Waals surface area contributed by atoms with Crippen LogP contribution in [0, 0.1) is 40.9 Å². The molecule has 3 fully saturated rings. The fourth-order valence-corrected chi connectivity index (χ4v) is 10.3. The fraction of sp³-hybridized carbons (Fsp3) is 0.900. The van der Waals surface area contributed by atoms with E-state index >= 15 is 0 Å². The van der Waals surface area contributed by atoms with Crippen LogP contribution in [0.25, 0.3) is 0 Å². The molecule has 0 bridgehead atoms. The summed E-state index contributed by atoms with van der Waals surface area (Å²) in [4.78, 5) is 24.8. The van der Waals surface area contributed by atoms with E-state index in [4.69, 9.17) is 4.74 Å². The lowest BCUT2D eigenvalue weighted by Crippen LogP contribution is -2.47. The number of esters is 2. The smallest absolute Gasteiger partial charge is 0.321 e. The van der Waals surface area contributed by atoms with Crippen LogP contribution in [0.2, 0.25) is 0 Å². The first kappa shape index (κ1) is 34.7. The number of unbranched alkanes of at least 4 members (excludes halogenated alkanes) is 15. The van der Waals surface area contributed by atoms with Gasteiger partial charge in [0.2, 0.25) is 0 Å². The van der Waals surface area contributed by atoms with Crippen LogP contribution >= 0.6 is 0 Å². The fourth-order valence-electron chi connectivity index (χ4n) is 10.3. The van der Waals surface area contributed by atoms with E-state index in [1.54, 1.807) is 0 Å². The van der Waals surface area contributed by atoms with Crippen LogP contribution in [0.4, 0.5) is 0 Å². The molecule has 1 saturated heterocycles. The second-order valence-electron chi connectivity index (χ2n) is 15.9. The number of allylic oxidation sites excluding steroid dienone is 1. The van der Waals surface area contributed by atoms with Crippen molar-refractivity contribution in [2.45, 2.75) is 188 Å². The van der Waals surface area contributed by atoms with Gasteiger partial charge in [0.1, 0.15) is 0 Å². The largest absolute Gasteiger partial charge is 0.393 e. The van der Waals surface area contributed by atoms with Crippen molar-refractivity contribution < 1.29 is 14.3 Å². The van der Waals surface area contributed by atoms with Gasteiger partial charge in [0.25, 0.3) is 0 Å². The highest BCUT2D eigenvalue weighted by molar-refractivity contribution is 5.96. The van der Waals surface area contributed by atoms with Gasteiger partial charge in [0.15, 0.2) is 0 Å². The maximum Gasteiger partial charge on any atom is 0.321 e. The molecular formula is C40H68O3. The van der Waals surface area contributed by atoms with E-state index in [2.05, 4.69) is 27.7 Å². The van der Waals surface area contributed by atoms with Gasteiger partial charge in [-0.05, 0) is 80.0 Å². The highest BCUT2D eigenvalue weighted by Gasteiger charge is 2.53. The lowest BCUT2D eigenvalue weighted by molar-refractivity contribution is -0.152. The van der Waals surface area contributed by atoms with E-state index < -0.39 is 0 Å². The Morgan fingerprint density at radius 2 is 1.33 bits per heavy atom. The number of fused-ring (bicyclic) bond motifs is 3. The topological polar surface area (TPSA) is 43.4 Å². The molecule has 0 amide bonds. The Balaban J connectivity index is 1.16. The second-order valence-corrected chi connectivity index (χ2v) is 15.9. The summed E-state index contributed by atoms with van der Waals surface area (Å²) in [6, 6.07) is 0. The van der Waals surface area contributed by atoms with Gasteiger partial charge >= 0.3 is 11.9 Å². The Labute approximate surface area is 266 Å². The summed E-state index contributed by atoms with van der Waals surface area (Å²) in [6.07, 6.45) is 33.8. The third-order valence-corrected chi connectivity index (χ3v) is 12.6. The van der Waals surface area contributed by atoms with Crippen molar-refractivity contribution in [3.63, 3.8) is 0 Å². The molecule has 246 valence electrons. The van der Waals surface area contributed by atoms with E-state index in [-0.39, 0.29) is 24.3 Å². The number of hydrogen-bond acceptors (Lipinski definition) is 3. The lowest BCUT2D eigenvalue weighted by atomic mass is 9.49. The molecule has 4 rings (SSSR count). The molecule has 3 aliphatic carbocycles. The number of hydrogen-bond donors (Lipinski definition) is 0. The molecule has 3 heteroatoms. The van der Waals surface area contributed by atoms with Crippen molar-refractivity contribution in [1.29, 1.82) is 0 Å². The Bertz CT molecular complexity index is 901. The summed E-state index contributed by atoms with van der Waals surface area (Å²) in [5.74, 6) is 2.41. The minimum Gasteiger partial charge on any atom is -0.393 e. The molecule has 3 nitrogen and oxygen atoms in total. The predicted octanol–water partition coefficient (Wildman–Crippen LogP) is 11.9. The first-order valence-electron chi connectivity index (χ1n) is 19.3. The molecule has 4 aliphatic rings. The third-order valence-electron chi connectivity index (χ3n) is 12.6. The third kappa shape index (κ3) is 9.45. The second kappa shape index (κ2) is 17.5. The Hall–Kier alpha value is -1.12. The maximum absolute atomic E-state index is 12.8. The zero-order chi connectivity index (χ0) is 30.7. The van der Waals surface area contributed by atoms with Crippen LogP contribution in [0.1, 0.15) is 188 Å². The Morgan fingerprint density at radius 3 is 1.86 bits per heavy atom. The number of carbonyl (C=O) groups excluding carboxylic acids is 2. The molecule has 0 aromatic heterocycles. The van der Waals surface area contributed by atoms with Gasteiger partial charge in [-0.2, -0.15) is 0 Å². The molecule has 0 N–H and O–H groups in total. The predicted molar refractivity (Wildman–Crippen MR) is 180 cm³/mol. The van der Waals surface area contributed by atoms with Crippen LogP contribution in [0.5, 0.6) is 0 Å². The van der Waals surface area contributed by atoms with E-state index in [1.165, 1.54) is 159 Å². The first-order valence-corrected chi connectivity index (χ1v) is 19.3. The normalized spacial score (nSPS) is 31.0. The van der Waals surface area contributed by atoms with Crippen molar-refractivity contribution >= 4 is 11.9 Å². The van der Waals surface area contributed by atoms with Crippen molar-refractivity contribution in [2.75, 3.05) is 0 Å². The van der Waals surface area contributed by atoms with Crippen molar-refractivity contribution in [1.82, 2.24) is 0 Å². The van der Waals surface area contributed by atoms with Gasteiger partial charge in [0.05, 0.1) is 12.3 Å². The Kier molecular flexibility index (Phi) is 14.2. The molecule has 43 heavy (non-hydrogen) atoms. The summed E-state index contributed by atoms with van der Waals surface area (Å²) in [5.41, 5.74) is 3.32. The van der Waals surface area contributed by atoms with Gasteiger partial charge in [-0.15, -0.1) is 0 Å². The summed E-state index contributed by atoms with van der Waals surface area (Å²) in [5, 5.41) is 0. The zero-order valence-corrected chi connectivity index (χ0v) is 28.9. The van der Waals surface area contributed by atoms with E-state index in [1.807, 2.05) is 0 Å². The standard InChI is InChI=1S/C40H68O3/c1-5-6-7-8-9-10-11-12-13-14-15-16-17-18-19-20-27-40(4)28-21-22-33-32-24-23-31(30(2)3)38(34(32)25-26-36(33)40)35-29-37(41)43-39(35)42/h30,32-36H,5-29H2,1-4H3. The molecule has 0 aromatic rings. The lowest BCUT2D eigenvalue weighted by Gasteiger charge is -2.56. The van der Waals surface area contributed by atoms with Crippen LogP contribution in [0.15, 0.2) is 11.1 Å². The van der Waals surface area contributed by atoms with Crippen molar-refractivity contribution in [2.24, 2.45) is 40.9 Å². The minimum absolute atomic E-state index is 0.266. The first-order chi connectivity index (χ1) is 20.9. The molecule has 0 radical (unpaired) electrons. The average molecular weight is 597 g/mol. The molecular weight excluding hydrogens is 528 g/mol. The summed E-state index contributed by atoms with van der Waals surface area (Å²) in [7, 11) is 0. The quantitative estimate of drug-likeness (QED) is 0.0644. The van der Waals surface area contributed by atoms with E-state index in [9.17, 15) is 9.59 Å². The number of rotatable bonds is 19. The van der Waals surface area contributed by atoms with E-state index in [0.29, 0.717) is 23.2 Å².